The van der Waals surface area contributed by atoms with Gasteiger partial charge in [0.1, 0.15) is 5.76 Å². The maximum absolute atomic E-state index is 12.4. The van der Waals surface area contributed by atoms with Crippen molar-refractivity contribution in [3.05, 3.63) is 17.0 Å². The molecule has 2 heterocycles. The smallest absolute Gasteiger partial charge is 0.227 e. The first-order valence-electron chi connectivity index (χ1n) is 6.45. The topological polar surface area (TPSA) is 58.4 Å². The highest BCUT2D eigenvalue weighted by molar-refractivity contribution is 5.85. The van der Waals surface area contributed by atoms with Crippen LogP contribution in [0.2, 0.25) is 0 Å². The molecule has 5 nitrogen and oxygen atoms in total. The molecule has 1 aromatic rings. The zero-order chi connectivity index (χ0) is 13.3. The highest BCUT2D eigenvalue weighted by Crippen LogP contribution is 2.16. The molecular formula is C13H22ClN3O2. The summed E-state index contributed by atoms with van der Waals surface area (Å²) in [6.07, 6.45) is 0.387. The number of aryl methyl sites for hydroxylation is 2. The van der Waals surface area contributed by atoms with E-state index in [1.807, 2.05) is 18.7 Å². The average Bonchev–Trinajstić information content (AvgIpc) is 2.64. The molecule has 1 fully saturated rings. The van der Waals surface area contributed by atoms with Crippen molar-refractivity contribution in [2.24, 2.45) is 0 Å². The van der Waals surface area contributed by atoms with Crippen molar-refractivity contribution in [2.45, 2.75) is 46.2 Å². The molecule has 0 radical (unpaired) electrons. The lowest BCUT2D eigenvalue weighted by Gasteiger charge is -2.38. The summed E-state index contributed by atoms with van der Waals surface area (Å²) in [5, 5.41) is 7.26. The van der Waals surface area contributed by atoms with Crippen LogP contribution in [0.4, 0.5) is 0 Å². The zero-order valence-corrected chi connectivity index (χ0v) is 12.7. The number of carbonyl (C=O) groups excluding carboxylic acids is 1. The van der Waals surface area contributed by atoms with Crippen LogP contribution >= 0.6 is 12.4 Å². The van der Waals surface area contributed by atoms with E-state index in [1.54, 1.807) is 0 Å². The van der Waals surface area contributed by atoms with Crippen LogP contribution in [-0.2, 0) is 11.2 Å². The van der Waals surface area contributed by atoms with Crippen molar-refractivity contribution in [3.8, 4) is 0 Å². The number of aromatic nitrogens is 1. The largest absolute Gasteiger partial charge is 0.361 e. The van der Waals surface area contributed by atoms with Crippen LogP contribution in [0.15, 0.2) is 4.52 Å². The minimum Gasteiger partial charge on any atom is -0.361 e. The van der Waals surface area contributed by atoms with E-state index in [-0.39, 0.29) is 24.4 Å². The summed E-state index contributed by atoms with van der Waals surface area (Å²) in [7, 11) is 0. The molecule has 108 valence electrons. The first-order valence-corrected chi connectivity index (χ1v) is 6.45. The molecule has 1 saturated heterocycles. The monoisotopic (exact) mass is 287 g/mol. The van der Waals surface area contributed by atoms with E-state index >= 15 is 0 Å². The number of hydrogen-bond acceptors (Lipinski definition) is 4. The predicted octanol–water partition coefficient (Wildman–Crippen LogP) is 1.46. The molecule has 2 rings (SSSR count). The fraction of sp³-hybridized carbons (Fsp3) is 0.692. The third-order valence-corrected chi connectivity index (χ3v) is 3.86. The van der Waals surface area contributed by atoms with Gasteiger partial charge in [0.05, 0.1) is 12.1 Å². The van der Waals surface area contributed by atoms with Crippen molar-refractivity contribution >= 4 is 18.3 Å². The van der Waals surface area contributed by atoms with Crippen molar-refractivity contribution in [1.82, 2.24) is 15.4 Å². The molecule has 1 aliphatic heterocycles. The summed E-state index contributed by atoms with van der Waals surface area (Å²) in [5.41, 5.74) is 1.75. The van der Waals surface area contributed by atoms with Gasteiger partial charge < -0.3 is 14.7 Å². The Morgan fingerprint density at radius 3 is 2.74 bits per heavy atom. The molecule has 0 saturated carbocycles. The van der Waals surface area contributed by atoms with E-state index in [0.29, 0.717) is 12.5 Å². The van der Waals surface area contributed by atoms with Gasteiger partial charge in [-0.25, -0.2) is 0 Å². The lowest BCUT2D eigenvalue weighted by atomic mass is 10.0. The van der Waals surface area contributed by atoms with E-state index in [1.165, 1.54) is 0 Å². The van der Waals surface area contributed by atoms with Gasteiger partial charge in [0.2, 0.25) is 5.91 Å². The van der Waals surface area contributed by atoms with Gasteiger partial charge >= 0.3 is 0 Å². The summed E-state index contributed by atoms with van der Waals surface area (Å²) in [6.45, 7) is 9.56. The average molecular weight is 288 g/mol. The summed E-state index contributed by atoms with van der Waals surface area (Å²) in [6, 6.07) is 0.569. The number of hydrogen-bond donors (Lipinski definition) is 1. The Kier molecular flexibility index (Phi) is 5.38. The van der Waals surface area contributed by atoms with Crippen molar-refractivity contribution in [1.29, 1.82) is 0 Å². The van der Waals surface area contributed by atoms with Crippen molar-refractivity contribution in [2.75, 3.05) is 13.1 Å². The maximum atomic E-state index is 12.4. The van der Waals surface area contributed by atoms with E-state index in [2.05, 4.69) is 24.3 Å². The number of nitrogens with one attached hydrogen (secondary N) is 1. The Balaban J connectivity index is 0.00000180. The fourth-order valence-electron chi connectivity index (χ4n) is 2.42. The second-order valence-electron chi connectivity index (χ2n) is 5.05. The van der Waals surface area contributed by atoms with Crippen LogP contribution in [0.1, 0.15) is 30.9 Å². The predicted molar refractivity (Wildman–Crippen MR) is 75.6 cm³/mol. The van der Waals surface area contributed by atoms with E-state index in [4.69, 9.17) is 4.52 Å². The summed E-state index contributed by atoms with van der Waals surface area (Å²) < 4.78 is 5.10. The molecule has 1 aromatic heterocycles. The van der Waals surface area contributed by atoms with Gasteiger partial charge in [-0.3, -0.25) is 4.79 Å². The lowest BCUT2D eigenvalue weighted by molar-refractivity contribution is -0.134. The summed E-state index contributed by atoms with van der Waals surface area (Å²) in [4.78, 5) is 14.3. The number of amides is 1. The SMILES string of the molecule is Cc1noc(C)c1CC(=O)N1CCNC(C)C1C.Cl. The molecule has 1 aliphatic rings. The highest BCUT2D eigenvalue weighted by atomic mass is 35.5. The van der Waals surface area contributed by atoms with Crippen LogP contribution in [0.5, 0.6) is 0 Å². The third-order valence-electron chi connectivity index (χ3n) is 3.86. The van der Waals surface area contributed by atoms with Gasteiger partial charge in [0.25, 0.3) is 0 Å². The molecule has 0 bridgehead atoms. The number of carbonyl (C=O) groups is 1. The molecule has 0 aliphatic carbocycles. The standard InChI is InChI=1S/C13H21N3O2.ClH/c1-8-10(3)16(6-5-14-8)13(17)7-12-9(2)15-18-11(12)4;/h8,10,14H,5-7H2,1-4H3;1H. The van der Waals surface area contributed by atoms with Crippen LogP contribution in [0.3, 0.4) is 0 Å². The Morgan fingerprint density at radius 1 is 1.47 bits per heavy atom. The Morgan fingerprint density at radius 2 is 2.16 bits per heavy atom. The van der Waals surface area contributed by atoms with Crippen LogP contribution < -0.4 is 5.32 Å². The number of piperazine rings is 1. The minimum atomic E-state index is 0. The zero-order valence-electron chi connectivity index (χ0n) is 11.9. The van der Waals surface area contributed by atoms with E-state index in [9.17, 15) is 4.79 Å². The Bertz CT molecular complexity index is 428. The van der Waals surface area contributed by atoms with Crippen LogP contribution in [-0.4, -0.2) is 41.1 Å². The number of nitrogens with zero attached hydrogens (tertiary/aromatic N) is 2. The maximum Gasteiger partial charge on any atom is 0.227 e. The molecule has 0 aromatic carbocycles. The van der Waals surface area contributed by atoms with Gasteiger partial charge in [0.15, 0.2) is 0 Å². The second-order valence-corrected chi connectivity index (χ2v) is 5.05. The van der Waals surface area contributed by atoms with Crippen molar-refractivity contribution < 1.29 is 9.32 Å². The summed E-state index contributed by atoms with van der Waals surface area (Å²) >= 11 is 0. The quantitative estimate of drug-likeness (QED) is 0.895. The van der Waals surface area contributed by atoms with Gasteiger partial charge in [-0.15, -0.1) is 12.4 Å². The molecule has 19 heavy (non-hydrogen) atoms. The second kappa shape index (κ2) is 6.39. The molecule has 2 atom stereocenters. The van der Waals surface area contributed by atoms with Gasteiger partial charge in [-0.05, 0) is 27.7 Å². The fourth-order valence-corrected chi connectivity index (χ4v) is 2.42. The van der Waals surface area contributed by atoms with E-state index in [0.717, 1.165) is 30.1 Å². The van der Waals surface area contributed by atoms with E-state index < -0.39 is 0 Å². The van der Waals surface area contributed by atoms with Gasteiger partial charge in [-0.1, -0.05) is 5.16 Å². The molecule has 1 amide bonds. The Labute approximate surface area is 120 Å². The minimum absolute atomic E-state index is 0. The van der Waals surface area contributed by atoms with Gasteiger partial charge in [0, 0.05) is 30.7 Å². The molecular weight excluding hydrogens is 266 g/mol. The highest BCUT2D eigenvalue weighted by Gasteiger charge is 2.28. The third kappa shape index (κ3) is 3.28. The number of halogens is 1. The Hall–Kier alpha value is -1.07. The van der Waals surface area contributed by atoms with Crippen LogP contribution in [0, 0.1) is 13.8 Å². The first kappa shape index (κ1) is 16.0. The lowest BCUT2D eigenvalue weighted by Crippen LogP contribution is -2.57. The molecule has 2 unspecified atom stereocenters. The first-order chi connectivity index (χ1) is 8.50. The van der Waals surface area contributed by atoms with Gasteiger partial charge in [-0.2, -0.15) is 0 Å². The summed E-state index contributed by atoms with van der Waals surface area (Å²) in [5.74, 6) is 0.905. The van der Waals surface area contributed by atoms with Crippen LogP contribution in [0.25, 0.3) is 0 Å². The molecule has 6 heteroatoms. The number of rotatable bonds is 2. The van der Waals surface area contributed by atoms with Crippen molar-refractivity contribution in [3.63, 3.8) is 0 Å². The molecule has 1 N–H and O–H groups in total. The molecule has 0 spiro atoms. The normalized spacial score (nSPS) is 23.1.